The van der Waals surface area contributed by atoms with E-state index in [1.54, 1.807) is 13.1 Å². The number of nitrogens with zero attached hydrogens (tertiary/aromatic N) is 2. The summed E-state index contributed by atoms with van der Waals surface area (Å²) < 4.78 is 11.7. The number of rotatable bonds is 18. The number of carbonyl (C=O) groups excluding carboxylic acids is 1. The van der Waals surface area contributed by atoms with Gasteiger partial charge in [0.2, 0.25) is 0 Å². The lowest BCUT2D eigenvalue weighted by atomic mass is 10.0. The molecule has 2 N–H and O–H groups in total. The Hall–Kier alpha value is -4.17. The van der Waals surface area contributed by atoms with E-state index in [4.69, 9.17) is 9.15 Å². The highest BCUT2D eigenvalue weighted by Crippen LogP contribution is 2.29. The molecule has 2 atom stereocenters. The van der Waals surface area contributed by atoms with Gasteiger partial charge in [0.25, 0.3) is 5.91 Å². The van der Waals surface area contributed by atoms with Crippen molar-refractivity contribution in [3.8, 4) is 0 Å². The second kappa shape index (κ2) is 19.1. The van der Waals surface area contributed by atoms with Gasteiger partial charge in [0.1, 0.15) is 11.6 Å². The molecule has 0 aliphatic heterocycles. The zero-order valence-electron chi connectivity index (χ0n) is 26.1. The fraction of sp³-hybridized carbons (Fsp3) is 0.400. The fourth-order valence-electron chi connectivity index (χ4n) is 4.56. The molecule has 1 heterocycles. The van der Waals surface area contributed by atoms with Crippen molar-refractivity contribution in [1.29, 1.82) is 0 Å². The van der Waals surface area contributed by atoms with Crippen LogP contribution < -0.4 is 5.32 Å². The molecule has 0 radical (unpaired) electrons. The molecule has 2 rings (SSSR count). The summed E-state index contributed by atoms with van der Waals surface area (Å²) in [5.41, 5.74) is 1.79. The molecule has 0 spiro atoms. The number of aliphatic carboxylic acids is 1. The second-order valence-electron chi connectivity index (χ2n) is 10.1. The first-order chi connectivity index (χ1) is 20.8. The van der Waals surface area contributed by atoms with Gasteiger partial charge in [0.15, 0.2) is 5.76 Å². The minimum atomic E-state index is -1.06. The van der Waals surface area contributed by atoms with Gasteiger partial charge in [-0.1, -0.05) is 61.3 Å². The molecule has 232 valence electrons. The molecule has 1 aromatic rings. The lowest BCUT2D eigenvalue weighted by Crippen LogP contribution is -2.31. The minimum absolute atomic E-state index is 0.0383. The molecule has 0 saturated carbocycles. The normalized spacial score (nSPS) is 15.6. The molecule has 2 unspecified atom stereocenters. The number of amidine groups is 1. The Balaban J connectivity index is 1.85. The third-order valence-electron chi connectivity index (χ3n) is 7.05. The predicted octanol–water partition coefficient (Wildman–Crippen LogP) is 6.79. The number of amides is 1. The molecule has 1 aliphatic carbocycles. The summed E-state index contributed by atoms with van der Waals surface area (Å²) in [6.45, 7) is 15.5. The quantitative estimate of drug-likeness (QED) is 0.0488. The van der Waals surface area contributed by atoms with Crippen molar-refractivity contribution in [3.05, 3.63) is 96.1 Å². The topological polar surface area (TPSA) is 104 Å². The van der Waals surface area contributed by atoms with Gasteiger partial charge in [-0.3, -0.25) is 9.79 Å². The molecule has 0 aromatic carbocycles. The number of hydrogen-bond acceptors (Lipinski definition) is 5. The lowest BCUT2D eigenvalue weighted by Gasteiger charge is -2.23. The van der Waals surface area contributed by atoms with Crippen LogP contribution in [-0.2, 0) is 9.53 Å². The van der Waals surface area contributed by atoms with Gasteiger partial charge < -0.3 is 24.5 Å². The summed E-state index contributed by atoms with van der Waals surface area (Å²) in [5.74, 6) is 0.787. The number of allylic oxidation sites excluding steroid dienone is 6. The number of carbonyl (C=O) groups is 2. The highest BCUT2D eigenvalue weighted by atomic mass is 16.5. The zero-order chi connectivity index (χ0) is 31.6. The van der Waals surface area contributed by atoms with Crippen molar-refractivity contribution in [2.45, 2.75) is 52.6 Å². The van der Waals surface area contributed by atoms with Crippen LogP contribution >= 0.6 is 0 Å². The van der Waals surface area contributed by atoms with Gasteiger partial charge in [-0.15, -0.1) is 6.58 Å². The third-order valence-corrected chi connectivity index (χ3v) is 7.05. The lowest BCUT2D eigenvalue weighted by molar-refractivity contribution is -0.134. The summed E-state index contributed by atoms with van der Waals surface area (Å²) in [6, 6.07) is 0. The van der Waals surface area contributed by atoms with Crippen LogP contribution in [0.4, 0.5) is 0 Å². The first-order valence-electron chi connectivity index (χ1n) is 14.9. The van der Waals surface area contributed by atoms with Crippen LogP contribution in [0.3, 0.4) is 0 Å². The standard InChI is InChI=1S/C35H47N3O5/c1-7-10-11-12-17-28-19-21-29-26(4)33(43-31(29)22-20-28)34(39)37-23-15-18-32(36-6)38(9-3)24-13-14-25-42-30(16-8-2)27(5)35(40)41/h7-8,10-12,15,18-22,28,30H,2,5,9,13-14,16-17,23-25H2,1,3-4,6H3,(H,37,39)(H,40,41)/b10-7-,12-11-,18-15-,36-32?. The Morgan fingerprint density at radius 1 is 1.23 bits per heavy atom. The molecule has 0 saturated heterocycles. The van der Waals surface area contributed by atoms with Crippen molar-refractivity contribution >= 4 is 29.9 Å². The van der Waals surface area contributed by atoms with E-state index in [1.807, 2.05) is 56.4 Å². The SMILES string of the molecule is C=CCC(OCCCCN(CC)C(/C=C\CNC(=O)c1oc2c(c1C)C=CC(C/C=C\C=C/C)C=C2)=NC)C(=C)C(=O)O. The van der Waals surface area contributed by atoms with E-state index in [-0.39, 0.29) is 17.4 Å². The number of carboxylic acid groups (broad SMARTS) is 1. The van der Waals surface area contributed by atoms with E-state index >= 15 is 0 Å². The summed E-state index contributed by atoms with van der Waals surface area (Å²) >= 11 is 0. The number of ether oxygens (including phenoxy) is 1. The number of carboxylic acids is 1. The monoisotopic (exact) mass is 589 g/mol. The van der Waals surface area contributed by atoms with E-state index < -0.39 is 12.1 Å². The number of unbranched alkanes of at least 4 members (excludes halogenated alkanes) is 1. The smallest absolute Gasteiger partial charge is 0.333 e. The minimum Gasteiger partial charge on any atom is -0.478 e. The molecule has 0 bridgehead atoms. The molecule has 1 aromatic heterocycles. The first-order valence-corrected chi connectivity index (χ1v) is 14.9. The Morgan fingerprint density at radius 2 is 2.00 bits per heavy atom. The van der Waals surface area contributed by atoms with Crippen LogP contribution in [-0.4, -0.2) is 67.1 Å². The maximum atomic E-state index is 12.9. The van der Waals surface area contributed by atoms with Crippen molar-refractivity contribution in [2.24, 2.45) is 10.9 Å². The summed E-state index contributed by atoms with van der Waals surface area (Å²) in [4.78, 5) is 30.7. The molecule has 8 heteroatoms. The van der Waals surface area contributed by atoms with Gasteiger partial charge in [0.05, 0.1) is 11.7 Å². The maximum Gasteiger partial charge on any atom is 0.333 e. The van der Waals surface area contributed by atoms with Crippen LogP contribution in [0.1, 0.15) is 67.0 Å². The Morgan fingerprint density at radius 3 is 2.67 bits per heavy atom. The average Bonchev–Trinajstić information content (AvgIpc) is 3.17. The molecule has 1 aliphatic rings. The molecule has 0 fully saturated rings. The number of hydrogen-bond donors (Lipinski definition) is 2. The number of fused-ring (bicyclic) bond motifs is 1. The highest BCUT2D eigenvalue weighted by Gasteiger charge is 2.21. The predicted molar refractivity (Wildman–Crippen MR) is 176 cm³/mol. The van der Waals surface area contributed by atoms with Crippen LogP contribution in [0, 0.1) is 12.8 Å². The van der Waals surface area contributed by atoms with Crippen molar-refractivity contribution in [2.75, 3.05) is 33.3 Å². The van der Waals surface area contributed by atoms with Gasteiger partial charge >= 0.3 is 5.97 Å². The van der Waals surface area contributed by atoms with Crippen molar-refractivity contribution in [3.63, 3.8) is 0 Å². The van der Waals surface area contributed by atoms with Crippen LogP contribution in [0.5, 0.6) is 0 Å². The van der Waals surface area contributed by atoms with Crippen LogP contribution in [0.2, 0.25) is 0 Å². The largest absolute Gasteiger partial charge is 0.478 e. The molecule has 8 nitrogen and oxygen atoms in total. The Labute approximate surface area is 256 Å². The van der Waals surface area contributed by atoms with Gasteiger partial charge in [-0.05, 0) is 64.5 Å². The number of nitrogens with one attached hydrogen (secondary N) is 1. The van der Waals surface area contributed by atoms with E-state index in [9.17, 15) is 14.7 Å². The molecule has 1 amide bonds. The van der Waals surface area contributed by atoms with Crippen LogP contribution in [0.15, 0.2) is 82.8 Å². The number of aliphatic imine (C=N–C) groups is 1. The molecular formula is C35H47N3O5. The third kappa shape index (κ3) is 11.2. The zero-order valence-corrected chi connectivity index (χ0v) is 26.1. The second-order valence-corrected chi connectivity index (χ2v) is 10.1. The van der Waals surface area contributed by atoms with Crippen LogP contribution in [0.25, 0.3) is 12.2 Å². The van der Waals surface area contributed by atoms with Gasteiger partial charge in [-0.25, -0.2) is 4.79 Å². The van der Waals surface area contributed by atoms with E-state index in [2.05, 4.69) is 53.5 Å². The molecular weight excluding hydrogens is 542 g/mol. The summed E-state index contributed by atoms with van der Waals surface area (Å²) in [6.07, 6.45) is 24.2. The van der Waals surface area contributed by atoms with E-state index in [0.29, 0.717) is 31.1 Å². The van der Waals surface area contributed by atoms with E-state index in [0.717, 1.165) is 49.3 Å². The van der Waals surface area contributed by atoms with Crippen molar-refractivity contribution in [1.82, 2.24) is 10.2 Å². The van der Waals surface area contributed by atoms with E-state index in [1.165, 1.54) is 0 Å². The Bertz CT molecular complexity index is 1280. The van der Waals surface area contributed by atoms with Gasteiger partial charge in [-0.2, -0.15) is 0 Å². The molecule has 43 heavy (non-hydrogen) atoms. The first kappa shape index (κ1) is 35.0. The summed E-state index contributed by atoms with van der Waals surface area (Å²) in [5, 5.41) is 12.1. The number of likely N-dealkylation sites (N-methyl/N-ethyl adjacent to an activating group) is 1. The number of furan rings is 1. The highest BCUT2D eigenvalue weighted by molar-refractivity contribution is 5.95. The van der Waals surface area contributed by atoms with Crippen molar-refractivity contribution < 1.29 is 23.8 Å². The Kier molecular flexibility index (Phi) is 15.6. The van der Waals surface area contributed by atoms with Gasteiger partial charge in [0, 0.05) is 44.4 Å². The maximum absolute atomic E-state index is 12.9. The fourth-order valence-corrected chi connectivity index (χ4v) is 4.56. The summed E-state index contributed by atoms with van der Waals surface area (Å²) in [7, 11) is 1.74. The average molecular weight is 590 g/mol.